The molecule has 2 fully saturated rings. The number of rotatable bonds is 4. The van der Waals surface area contributed by atoms with Crippen LogP contribution in [0.4, 0.5) is 4.79 Å². The van der Waals surface area contributed by atoms with E-state index >= 15 is 0 Å². The second-order valence-electron chi connectivity index (χ2n) is 7.28. The van der Waals surface area contributed by atoms with Gasteiger partial charge in [0.1, 0.15) is 10.0 Å². The number of likely N-dealkylation sites (tertiary alicyclic amines) is 2. The summed E-state index contributed by atoms with van der Waals surface area (Å²) in [6.07, 6.45) is 5.69. The molecule has 2 saturated heterocycles. The van der Waals surface area contributed by atoms with Gasteiger partial charge in [-0.05, 0) is 52.0 Å². The third kappa shape index (κ3) is 5.36. The highest BCUT2D eigenvalue weighted by Crippen LogP contribution is 2.23. The molecule has 2 amide bonds. The number of urea groups is 1. The molecule has 2 aliphatic heterocycles. The van der Waals surface area contributed by atoms with Crippen molar-refractivity contribution in [3.63, 3.8) is 0 Å². The van der Waals surface area contributed by atoms with Gasteiger partial charge >= 0.3 is 6.03 Å². The Kier molecular flexibility index (Phi) is 6.24. The van der Waals surface area contributed by atoms with E-state index in [4.69, 9.17) is 0 Å². The van der Waals surface area contributed by atoms with Crippen LogP contribution in [0.25, 0.3) is 0 Å². The van der Waals surface area contributed by atoms with Crippen LogP contribution in [0.5, 0.6) is 0 Å². The minimum absolute atomic E-state index is 0.0291. The molecular weight excluding hydrogens is 338 g/mol. The lowest BCUT2D eigenvalue weighted by atomic mass is 9.95. The summed E-state index contributed by atoms with van der Waals surface area (Å²) >= 11 is 1.63. The van der Waals surface area contributed by atoms with Gasteiger partial charge in [-0.3, -0.25) is 4.90 Å². The first kappa shape index (κ1) is 18.5. The largest absolute Gasteiger partial charge is 0.388 e. The number of amides is 2. The molecule has 3 rings (SSSR count). The number of carbonyl (C=O) groups excluding carboxylic acids is 1. The van der Waals surface area contributed by atoms with Crippen LogP contribution >= 0.6 is 11.3 Å². The van der Waals surface area contributed by atoms with E-state index < -0.39 is 5.60 Å². The van der Waals surface area contributed by atoms with Crippen LogP contribution in [-0.2, 0) is 6.54 Å². The van der Waals surface area contributed by atoms with E-state index in [1.807, 2.05) is 11.8 Å². The van der Waals surface area contributed by atoms with E-state index in [0.29, 0.717) is 13.0 Å². The Balaban J connectivity index is 1.46. The summed E-state index contributed by atoms with van der Waals surface area (Å²) in [7, 11) is 0. The SMILES string of the molecule is Cc1nnc(CN2CCC[C@](O)(CNC(=O)N3CCCCC3)CC2)s1. The van der Waals surface area contributed by atoms with Crippen LogP contribution in [-0.4, -0.2) is 69.5 Å². The first-order valence-corrected chi connectivity index (χ1v) is 10.1. The number of nitrogens with zero attached hydrogens (tertiary/aromatic N) is 4. The number of hydrogen-bond donors (Lipinski definition) is 2. The van der Waals surface area contributed by atoms with E-state index in [1.165, 1.54) is 6.42 Å². The van der Waals surface area contributed by atoms with Crippen molar-refractivity contribution in [1.82, 2.24) is 25.3 Å². The van der Waals surface area contributed by atoms with Gasteiger partial charge in [0, 0.05) is 26.2 Å². The zero-order chi connectivity index (χ0) is 17.7. The smallest absolute Gasteiger partial charge is 0.317 e. The van der Waals surface area contributed by atoms with Gasteiger partial charge in [0.05, 0.1) is 12.1 Å². The average molecular weight is 368 g/mol. The van der Waals surface area contributed by atoms with Crippen LogP contribution in [0.3, 0.4) is 0 Å². The molecule has 0 saturated carbocycles. The lowest BCUT2D eigenvalue weighted by molar-refractivity contribution is 0.0264. The van der Waals surface area contributed by atoms with Gasteiger partial charge in [-0.25, -0.2) is 4.79 Å². The maximum Gasteiger partial charge on any atom is 0.317 e. The Morgan fingerprint density at radius 3 is 2.68 bits per heavy atom. The lowest BCUT2D eigenvalue weighted by Crippen LogP contribution is -2.49. The summed E-state index contributed by atoms with van der Waals surface area (Å²) in [4.78, 5) is 16.4. The average Bonchev–Trinajstić information content (AvgIpc) is 2.93. The molecule has 7 nitrogen and oxygen atoms in total. The molecule has 3 heterocycles. The van der Waals surface area contributed by atoms with E-state index in [9.17, 15) is 9.90 Å². The summed E-state index contributed by atoms with van der Waals surface area (Å²) in [5, 5.41) is 24.1. The Hall–Kier alpha value is -1.25. The summed E-state index contributed by atoms with van der Waals surface area (Å²) in [5.74, 6) is 0. The van der Waals surface area contributed by atoms with Crippen LogP contribution in [0.2, 0.25) is 0 Å². The Labute approximate surface area is 153 Å². The third-order valence-corrected chi connectivity index (χ3v) is 5.97. The molecular formula is C17H29N5O2S. The molecule has 140 valence electrons. The van der Waals surface area contributed by atoms with Crippen molar-refractivity contribution in [2.24, 2.45) is 0 Å². The van der Waals surface area contributed by atoms with Crippen LogP contribution in [0, 0.1) is 6.92 Å². The zero-order valence-electron chi connectivity index (χ0n) is 15.0. The van der Waals surface area contributed by atoms with Crippen molar-refractivity contribution >= 4 is 17.4 Å². The molecule has 25 heavy (non-hydrogen) atoms. The van der Waals surface area contributed by atoms with Crippen LogP contribution < -0.4 is 5.32 Å². The predicted octanol–water partition coefficient (Wildman–Crippen LogP) is 1.76. The molecule has 2 aliphatic rings. The molecule has 0 unspecified atom stereocenters. The molecule has 1 atom stereocenters. The van der Waals surface area contributed by atoms with Crippen molar-refractivity contribution in [1.29, 1.82) is 0 Å². The van der Waals surface area contributed by atoms with Gasteiger partial charge in [0.25, 0.3) is 0 Å². The van der Waals surface area contributed by atoms with Gasteiger partial charge in [-0.1, -0.05) is 0 Å². The molecule has 0 spiro atoms. The van der Waals surface area contributed by atoms with E-state index in [1.54, 1.807) is 11.3 Å². The zero-order valence-corrected chi connectivity index (χ0v) is 15.9. The fraction of sp³-hybridized carbons (Fsp3) is 0.824. The van der Waals surface area contributed by atoms with Crippen molar-refractivity contribution in [2.45, 2.75) is 57.6 Å². The molecule has 0 radical (unpaired) electrons. The maximum atomic E-state index is 12.3. The fourth-order valence-corrected chi connectivity index (χ4v) is 4.36. The van der Waals surface area contributed by atoms with Crippen LogP contribution in [0.1, 0.15) is 48.5 Å². The quantitative estimate of drug-likeness (QED) is 0.847. The summed E-state index contributed by atoms with van der Waals surface area (Å²) in [6, 6.07) is -0.0291. The van der Waals surface area contributed by atoms with Gasteiger partial charge in [0.15, 0.2) is 0 Å². The number of aliphatic hydroxyl groups is 1. The summed E-state index contributed by atoms with van der Waals surface area (Å²) < 4.78 is 0. The van der Waals surface area contributed by atoms with Crippen LogP contribution in [0.15, 0.2) is 0 Å². The van der Waals surface area contributed by atoms with Gasteiger partial charge in [-0.15, -0.1) is 21.5 Å². The van der Waals surface area contributed by atoms with E-state index in [-0.39, 0.29) is 6.03 Å². The summed E-state index contributed by atoms with van der Waals surface area (Å²) in [5.41, 5.74) is -0.808. The predicted molar refractivity (Wildman–Crippen MR) is 97.5 cm³/mol. The molecule has 0 aromatic carbocycles. The van der Waals surface area contributed by atoms with E-state index in [2.05, 4.69) is 20.4 Å². The number of aromatic nitrogens is 2. The highest BCUT2D eigenvalue weighted by Gasteiger charge is 2.31. The monoisotopic (exact) mass is 367 g/mol. The first-order chi connectivity index (χ1) is 12.0. The van der Waals surface area contributed by atoms with Crippen molar-refractivity contribution in [3.8, 4) is 0 Å². The molecule has 0 aliphatic carbocycles. The minimum atomic E-state index is -0.808. The molecule has 0 bridgehead atoms. The van der Waals surface area contributed by atoms with Crippen molar-refractivity contribution in [2.75, 3.05) is 32.7 Å². The Morgan fingerprint density at radius 2 is 1.96 bits per heavy atom. The summed E-state index contributed by atoms with van der Waals surface area (Å²) in [6.45, 7) is 6.53. The third-order valence-electron chi connectivity index (χ3n) is 5.15. The molecule has 1 aromatic rings. The number of nitrogens with one attached hydrogen (secondary N) is 1. The van der Waals surface area contributed by atoms with Crippen molar-refractivity contribution < 1.29 is 9.90 Å². The number of hydrogen-bond acceptors (Lipinski definition) is 6. The highest BCUT2D eigenvalue weighted by atomic mass is 32.1. The van der Waals surface area contributed by atoms with Crippen molar-refractivity contribution in [3.05, 3.63) is 10.0 Å². The number of piperidine rings is 1. The molecule has 1 aromatic heterocycles. The standard InChI is InChI=1S/C17H29N5O2S/c1-14-19-20-15(25-14)12-21-8-5-6-17(24,7-11-21)13-18-16(23)22-9-3-2-4-10-22/h24H,2-13H2,1H3,(H,18,23)/t17-/m1/s1. The normalized spacial score (nSPS) is 25.6. The Bertz CT molecular complexity index is 575. The lowest BCUT2D eigenvalue weighted by Gasteiger charge is -2.31. The van der Waals surface area contributed by atoms with E-state index in [0.717, 1.165) is 68.4 Å². The number of carbonyl (C=O) groups is 1. The molecule has 2 N–H and O–H groups in total. The minimum Gasteiger partial charge on any atom is -0.388 e. The maximum absolute atomic E-state index is 12.3. The van der Waals surface area contributed by atoms with Gasteiger partial charge < -0.3 is 15.3 Å². The van der Waals surface area contributed by atoms with Gasteiger partial charge in [0.2, 0.25) is 0 Å². The second kappa shape index (κ2) is 8.42. The molecule has 8 heteroatoms. The number of aryl methyl sites for hydroxylation is 1. The Morgan fingerprint density at radius 1 is 1.16 bits per heavy atom. The first-order valence-electron chi connectivity index (χ1n) is 9.31. The fourth-order valence-electron chi connectivity index (χ4n) is 3.61. The van der Waals surface area contributed by atoms with Gasteiger partial charge in [-0.2, -0.15) is 0 Å². The second-order valence-corrected chi connectivity index (χ2v) is 8.54. The topological polar surface area (TPSA) is 81.6 Å². The highest BCUT2D eigenvalue weighted by molar-refractivity contribution is 7.11.